The van der Waals surface area contributed by atoms with Crippen molar-refractivity contribution in [3.05, 3.63) is 71.6 Å². The van der Waals surface area contributed by atoms with Gasteiger partial charge in [0.05, 0.1) is 31.8 Å². The summed E-state index contributed by atoms with van der Waals surface area (Å²) in [5.41, 5.74) is 5.46. The first-order valence-electron chi connectivity index (χ1n) is 16.0. The Hall–Kier alpha value is -3.76. The minimum absolute atomic E-state index is 0.0187. The van der Waals surface area contributed by atoms with Crippen LogP contribution in [0.25, 0.3) is 33.4 Å². The molecular weight excluding hydrogens is 583 g/mol. The molecule has 1 aliphatic carbocycles. The molecule has 1 unspecified atom stereocenters. The van der Waals surface area contributed by atoms with E-state index in [9.17, 15) is 4.79 Å². The lowest BCUT2D eigenvalue weighted by atomic mass is 9.90. The Morgan fingerprint density at radius 1 is 0.933 bits per heavy atom. The van der Waals surface area contributed by atoms with Crippen LogP contribution in [0, 0.1) is 11.3 Å². The van der Waals surface area contributed by atoms with E-state index in [1.165, 1.54) is 0 Å². The Bertz CT molecular complexity index is 1650. The lowest BCUT2D eigenvalue weighted by molar-refractivity contribution is 0.0791. The van der Waals surface area contributed by atoms with Crippen LogP contribution < -0.4 is 14.8 Å². The summed E-state index contributed by atoms with van der Waals surface area (Å²) in [5, 5.41) is 10.7. The zero-order valence-electron chi connectivity index (χ0n) is 27.3. The number of anilines is 1. The highest BCUT2D eigenvalue weighted by Crippen LogP contribution is 2.42. The van der Waals surface area contributed by atoms with Gasteiger partial charge in [-0.25, -0.2) is 4.58 Å². The molecule has 1 atom stereocenters. The molecule has 1 heterocycles. The number of amides is 1. The Morgan fingerprint density at radius 2 is 1.69 bits per heavy atom. The minimum atomic E-state index is -0.0638. The third-order valence-corrected chi connectivity index (χ3v) is 8.79. The van der Waals surface area contributed by atoms with Crippen molar-refractivity contribution in [2.75, 3.05) is 57.9 Å². The lowest BCUT2D eigenvalue weighted by Crippen LogP contribution is -2.29. The molecular formula is C36H46N4O4P+. The van der Waals surface area contributed by atoms with Crippen molar-refractivity contribution >= 4 is 31.6 Å². The fourth-order valence-electron chi connectivity index (χ4n) is 5.67. The quantitative estimate of drug-likeness (QED) is 0.0566. The van der Waals surface area contributed by atoms with E-state index in [0.29, 0.717) is 31.7 Å². The van der Waals surface area contributed by atoms with E-state index in [2.05, 4.69) is 73.6 Å². The van der Waals surface area contributed by atoms with Crippen molar-refractivity contribution in [2.45, 2.75) is 47.0 Å². The zero-order chi connectivity index (χ0) is 32.2. The zero-order valence-corrected chi connectivity index (χ0v) is 28.3. The van der Waals surface area contributed by atoms with Crippen molar-refractivity contribution in [1.82, 2.24) is 9.48 Å². The molecule has 0 N–H and O–H groups in total. The molecule has 0 spiro atoms. The monoisotopic (exact) mass is 629 g/mol. The molecule has 1 amide bonds. The molecule has 238 valence electrons. The maximum Gasteiger partial charge on any atom is 0.254 e. The molecule has 8 nitrogen and oxygen atoms in total. The molecule has 0 radical (unpaired) electrons. The Kier molecular flexibility index (Phi) is 12.9. The number of nitriles is 1. The molecule has 0 aromatic heterocycles. The summed E-state index contributed by atoms with van der Waals surface area (Å²) < 4.78 is 19.8. The highest BCUT2D eigenvalue weighted by Gasteiger charge is 2.24. The van der Waals surface area contributed by atoms with Gasteiger partial charge in [-0.15, -0.1) is 0 Å². The van der Waals surface area contributed by atoms with Crippen molar-refractivity contribution in [3.8, 4) is 28.5 Å². The summed E-state index contributed by atoms with van der Waals surface area (Å²) in [4.78, 5) is 18.0. The van der Waals surface area contributed by atoms with Crippen LogP contribution in [0.3, 0.4) is 0 Å². The van der Waals surface area contributed by atoms with Crippen LogP contribution in [0.4, 0.5) is 5.69 Å². The first kappa shape index (κ1) is 34.1. The molecule has 9 heteroatoms. The smallest absolute Gasteiger partial charge is 0.254 e. The number of hydrogen-bond acceptors (Lipinski definition) is 6. The highest BCUT2D eigenvalue weighted by atomic mass is 31.1. The van der Waals surface area contributed by atoms with Crippen LogP contribution in [0.15, 0.2) is 65.1 Å². The second kappa shape index (κ2) is 17.1. The van der Waals surface area contributed by atoms with Gasteiger partial charge < -0.3 is 23.3 Å². The van der Waals surface area contributed by atoms with Crippen molar-refractivity contribution in [3.63, 3.8) is 0 Å². The van der Waals surface area contributed by atoms with Gasteiger partial charge in [0, 0.05) is 66.6 Å². The number of fused-ring (bicyclic) bond motifs is 2. The van der Waals surface area contributed by atoms with E-state index in [1.807, 2.05) is 37.4 Å². The molecule has 2 aliphatic rings. The molecule has 2 aromatic carbocycles. The maximum atomic E-state index is 13.9. The molecule has 0 saturated heterocycles. The molecule has 1 aliphatic heterocycles. The molecule has 0 saturated carbocycles. The second-order valence-corrected chi connectivity index (χ2v) is 11.6. The molecule has 45 heavy (non-hydrogen) atoms. The molecule has 0 fully saturated rings. The predicted molar refractivity (Wildman–Crippen MR) is 185 cm³/mol. The van der Waals surface area contributed by atoms with Gasteiger partial charge in [-0.05, 0) is 70.4 Å². The number of unbranched alkanes of at least 4 members (excludes halogenated alkanes) is 1. The van der Waals surface area contributed by atoms with Crippen LogP contribution >= 0.6 is 9.03 Å². The van der Waals surface area contributed by atoms with E-state index in [0.717, 1.165) is 83.5 Å². The number of benzene rings is 3. The van der Waals surface area contributed by atoms with Gasteiger partial charge in [-0.2, -0.15) is 5.26 Å². The lowest BCUT2D eigenvalue weighted by Gasteiger charge is -2.23. The van der Waals surface area contributed by atoms with E-state index in [-0.39, 0.29) is 14.9 Å². The van der Waals surface area contributed by atoms with Gasteiger partial charge >= 0.3 is 0 Å². The van der Waals surface area contributed by atoms with Crippen LogP contribution in [-0.2, 0) is 9.05 Å². The fourth-order valence-corrected chi connectivity index (χ4v) is 6.16. The summed E-state index contributed by atoms with van der Waals surface area (Å²) in [6, 6.07) is 22.8. The van der Waals surface area contributed by atoms with Gasteiger partial charge in [0.2, 0.25) is 5.36 Å². The second-order valence-electron chi connectivity index (χ2n) is 10.9. The van der Waals surface area contributed by atoms with Gasteiger partial charge in [0.1, 0.15) is 24.4 Å². The highest BCUT2D eigenvalue weighted by molar-refractivity contribution is 7.26. The van der Waals surface area contributed by atoms with Gasteiger partial charge in [-0.1, -0.05) is 18.2 Å². The predicted octanol–water partition coefficient (Wildman–Crippen LogP) is 7.17. The van der Waals surface area contributed by atoms with E-state index < -0.39 is 0 Å². The summed E-state index contributed by atoms with van der Waals surface area (Å²) in [6.07, 6.45) is 1.99. The van der Waals surface area contributed by atoms with Gasteiger partial charge in [-0.3, -0.25) is 4.79 Å². The molecule has 2 aromatic rings. The van der Waals surface area contributed by atoms with Crippen LogP contribution in [0.5, 0.6) is 0 Å². The summed E-state index contributed by atoms with van der Waals surface area (Å²) in [6.45, 7) is 13.8. The number of carbonyl (C=O) groups excluding carboxylic acids is 1. The summed E-state index contributed by atoms with van der Waals surface area (Å²) in [7, 11) is 1.79. The van der Waals surface area contributed by atoms with Crippen LogP contribution in [0.1, 0.15) is 57.3 Å². The van der Waals surface area contributed by atoms with Crippen molar-refractivity contribution in [2.24, 2.45) is 0 Å². The van der Waals surface area contributed by atoms with Crippen LogP contribution in [0.2, 0.25) is 0 Å². The van der Waals surface area contributed by atoms with Crippen molar-refractivity contribution in [1.29, 1.82) is 5.26 Å². The Labute approximate surface area is 269 Å². The van der Waals surface area contributed by atoms with Gasteiger partial charge in [0.15, 0.2) is 9.03 Å². The normalized spacial score (nSPS) is 11.4. The number of hydrogen-bond donors (Lipinski definition) is 0. The van der Waals surface area contributed by atoms with Crippen LogP contribution in [-0.4, -0.2) is 63.8 Å². The fraction of sp³-hybridized carbons (Fsp3) is 0.417. The third-order valence-electron chi connectivity index (χ3n) is 8.14. The maximum absolute atomic E-state index is 13.9. The standard InChI is InChI=1S/C36H46N4O4P/c1-6-39(7-2)27-17-19-31-33(25-27)44-34-26-28(40(8-3)9-4)18-20-32(34)35(31)29-15-10-11-16-30(29)36(41)38(5)22-12-13-23-42-45-43-24-14-21-37/h10-11,15-20,25-26,45H,6-9,12-14,22-24H2,1-5H3/q+1. The van der Waals surface area contributed by atoms with E-state index in [1.54, 1.807) is 4.90 Å². The first-order chi connectivity index (χ1) is 22.0. The van der Waals surface area contributed by atoms with Crippen molar-refractivity contribution < 1.29 is 18.3 Å². The number of nitrogens with zero attached hydrogens (tertiary/aromatic N) is 4. The summed E-state index contributed by atoms with van der Waals surface area (Å²) in [5.74, 6) is 0.779. The first-order valence-corrected chi connectivity index (χ1v) is 16.8. The number of rotatable bonds is 16. The van der Waals surface area contributed by atoms with E-state index >= 15 is 0 Å². The largest absolute Gasteiger partial charge is 0.456 e. The van der Waals surface area contributed by atoms with E-state index in [4.69, 9.17) is 18.7 Å². The molecule has 4 rings (SSSR count). The minimum Gasteiger partial charge on any atom is -0.456 e. The topological polar surface area (TPSA) is 82.0 Å². The average molecular weight is 630 g/mol. The number of carbonyl (C=O) groups is 1. The Balaban J connectivity index is 1.71. The third kappa shape index (κ3) is 8.29. The Morgan fingerprint density at radius 3 is 2.42 bits per heavy atom. The summed E-state index contributed by atoms with van der Waals surface area (Å²) >= 11 is 0. The molecule has 0 bridgehead atoms. The SMILES string of the molecule is CCN(CC)c1ccc2c(-c3ccccc3C(=O)N(C)CCCCOPOCCC#N)c3ccc(=[N+](CC)CC)cc-3oc2c1. The van der Waals surface area contributed by atoms with Gasteiger partial charge in [0.25, 0.3) is 5.91 Å². The average Bonchev–Trinajstić information content (AvgIpc) is 3.07.